The zero-order valence-electron chi connectivity index (χ0n) is 19.5. The first-order valence-corrected chi connectivity index (χ1v) is 11.5. The summed E-state index contributed by atoms with van der Waals surface area (Å²) in [4.78, 5) is 41.6. The van der Waals surface area contributed by atoms with Crippen LogP contribution in [0, 0.1) is 0 Å². The monoisotopic (exact) mass is 474 g/mol. The molecule has 0 fully saturated rings. The Morgan fingerprint density at radius 1 is 1.14 bits per heavy atom. The molecule has 0 radical (unpaired) electrons. The van der Waals surface area contributed by atoms with Crippen molar-refractivity contribution in [3.05, 3.63) is 70.1 Å². The molecular formula is C26H26N4O5. The molecule has 0 bridgehead atoms. The van der Waals surface area contributed by atoms with Crippen molar-refractivity contribution in [3.63, 3.8) is 0 Å². The van der Waals surface area contributed by atoms with E-state index in [0.717, 1.165) is 16.5 Å². The zero-order valence-corrected chi connectivity index (χ0v) is 19.5. The Bertz CT molecular complexity index is 1500. The van der Waals surface area contributed by atoms with Gasteiger partial charge in [-0.2, -0.15) is 0 Å². The summed E-state index contributed by atoms with van der Waals surface area (Å²) in [6.07, 6.45) is 4.10. The van der Waals surface area contributed by atoms with Crippen molar-refractivity contribution in [2.45, 2.75) is 32.9 Å². The molecule has 2 amide bonds. The van der Waals surface area contributed by atoms with Crippen molar-refractivity contribution in [1.29, 1.82) is 0 Å². The Morgan fingerprint density at radius 2 is 1.91 bits per heavy atom. The van der Waals surface area contributed by atoms with E-state index in [9.17, 15) is 14.4 Å². The average Bonchev–Trinajstić information content (AvgIpc) is 3.48. The SMILES string of the molecule is CCn1cc(C(=O)NCC(=O)N[C@H](C)Cc2c[nH]c3ccccc23)c(=O)c2cc3c(cc21)OCO3. The van der Waals surface area contributed by atoms with Gasteiger partial charge in [-0.05, 0) is 38.0 Å². The summed E-state index contributed by atoms with van der Waals surface area (Å²) < 4.78 is 12.6. The highest BCUT2D eigenvalue weighted by Gasteiger charge is 2.21. The number of para-hydroxylation sites is 1. The molecule has 4 aromatic rings. The van der Waals surface area contributed by atoms with Crippen molar-refractivity contribution in [2.75, 3.05) is 13.3 Å². The number of aryl methyl sites for hydroxylation is 1. The van der Waals surface area contributed by atoms with E-state index < -0.39 is 11.3 Å². The maximum absolute atomic E-state index is 13.1. The molecule has 1 atom stereocenters. The van der Waals surface area contributed by atoms with Crippen LogP contribution in [-0.2, 0) is 17.8 Å². The number of nitrogens with one attached hydrogen (secondary N) is 3. The molecule has 0 spiro atoms. The molecule has 2 aromatic carbocycles. The van der Waals surface area contributed by atoms with E-state index in [1.165, 1.54) is 6.20 Å². The van der Waals surface area contributed by atoms with Crippen LogP contribution in [-0.4, -0.2) is 40.7 Å². The molecule has 9 nitrogen and oxygen atoms in total. The summed E-state index contributed by atoms with van der Waals surface area (Å²) in [5, 5.41) is 6.96. The highest BCUT2D eigenvalue weighted by atomic mass is 16.7. The smallest absolute Gasteiger partial charge is 0.257 e. The normalized spacial score (nSPS) is 13.2. The van der Waals surface area contributed by atoms with Crippen LogP contribution in [0.1, 0.15) is 29.8 Å². The fraction of sp³-hybridized carbons (Fsp3) is 0.269. The van der Waals surface area contributed by atoms with Crippen molar-refractivity contribution in [2.24, 2.45) is 0 Å². The summed E-state index contributed by atoms with van der Waals surface area (Å²) in [6.45, 7) is 4.23. The molecule has 1 aliphatic rings. The highest BCUT2D eigenvalue weighted by Crippen LogP contribution is 2.35. The summed E-state index contributed by atoms with van der Waals surface area (Å²) in [7, 11) is 0. The number of amides is 2. The highest BCUT2D eigenvalue weighted by molar-refractivity contribution is 5.99. The van der Waals surface area contributed by atoms with Gasteiger partial charge in [0.05, 0.1) is 17.4 Å². The molecule has 5 rings (SSSR count). The molecule has 0 saturated heterocycles. The van der Waals surface area contributed by atoms with E-state index in [-0.39, 0.29) is 30.9 Å². The van der Waals surface area contributed by atoms with Crippen molar-refractivity contribution in [3.8, 4) is 11.5 Å². The Balaban J connectivity index is 1.26. The number of aromatic amines is 1. The Hall–Kier alpha value is -4.27. The van der Waals surface area contributed by atoms with Crippen molar-refractivity contribution >= 4 is 33.6 Å². The number of hydrogen-bond donors (Lipinski definition) is 3. The maximum atomic E-state index is 13.1. The average molecular weight is 475 g/mol. The van der Waals surface area contributed by atoms with Gasteiger partial charge >= 0.3 is 0 Å². The standard InChI is InChI=1S/C26H26N4O5/c1-3-30-13-19(25(32)18-9-22-23(10-21(18)30)35-14-34-22)26(33)28-12-24(31)29-15(2)8-16-11-27-20-7-5-4-6-17(16)20/h4-7,9-11,13,15,27H,3,8,12,14H2,1-2H3,(H,28,33)(H,29,31)/t15-/m1/s1. The summed E-state index contributed by atoms with van der Waals surface area (Å²) in [6, 6.07) is 11.2. The molecule has 2 aromatic heterocycles. The molecule has 0 saturated carbocycles. The number of ether oxygens (including phenoxy) is 2. The van der Waals surface area contributed by atoms with Crippen LogP contribution in [0.5, 0.6) is 11.5 Å². The number of pyridine rings is 1. The Kier molecular flexibility index (Phi) is 5.90. The van der Waals surface area contributed by atoms with Crippen LogP contribution in [0.3, 0.4) is 0 Å². The predicted octanol–water partition coefficient (Wildman–Crippen LogP) is 2.71. The molecule has 35 heavy (non-hydrogen) atoms. The minimum absolute atomic E-state index is 0.0298. The van der Waals surface area contributed by atoms with Crippen LogP contribution in [0.4, 0.5) is 0 Å². The fourth-order valence-electron chi connectivity index (χ4n) is 4.47. The Labute approximate surface area is 201 Å². The first kappa shape index (κ1) is 22.5. The first-order chi connectivity index (χ1) is 16.9. The van der Waals surface area contributed by atoms with Gasteiger partial charge in [0.25, 0.3) is 5.91 Å². The lowest BCUT2D eigenvalue weighted by Gasteiger charge is -2.15. The topological polar surface area (TPSA) is 114 Å². The quantitative estimate of drug-likeness (QED) is 0.381. The molecule has 3 N–H and O–H groups in total. The second-order valence-electron chi connectivity index (χ2n) is 8.60. The number of aromatic nitrogens is 2. The predicted molar refractivity (Wildman–Crippen MR) is 132 cm³/mol. The van der Waals surface area contributed by atoms with Crippen LogP contribution in [0.25, 0.3) is 21.8 Å². The van der Waals surface area contributed by atoms with E-state index in [1.54, 1.807) is 16.7 Å². The molecule has 1 aliphatic heterocycles. The number of nitrogens with zero attached hydrogens (tertiary/aromatic N) is 1. The van der Waals surface area contributed by atoms with Crippen LogP contribution < -0.4 is 25.5 Å². The Morgan fingerprint density at radius 3 is 2.71 bits per heavy atom. The third-order valence-electron chi connectivity index (χ3n) is 6.18. The van der Waals surface area contributed by atoms with E-state index >= 15 is 0 Å². The molecule has 9 heteroatoms. The van der Waals surface area contributed by atoms with Gasteiger partial charge in [-0.3, -0.25) is 14.4 Å². The zero-order chi connectivity index (χ0) is 24.5. The van der Waals surface area contributed by atoms with E-state index in [2.05, 4.69) is 15.6 Å². The summed E-state index contributed by atoms with van der Waals surface area (Å²) in [5.74, 6) is 0.106. The number of hydrogen-bond acceptors (Lipinski definition) is 5. The van der Waals surface area contributed by atoms with Gasteiger partial charge in [0, 0.05) is 41.9 Å². The summed E-state index contributed by atoms with van der Waals surface area (Å²) >= 11 is 0. The van der Waals surface area contributed by atoms with E-state index in [4.69, 9.17) is 9.47 Å². The van der Waals surface area contributed by atoms with Gasteiger partial charge in [-0.15, -0.1) is 0 Å². The van der Waals surface area contributed by atoms with Gasteiger partial charge in [0.2, 0.25) is 18.1 Å². The van der Waals surface area contributed by atoms with Crippen molar-refractivity contribution < 1.29 is 19.1 Å². The van der Waals surface area contributed by atoms with Crippen LogP contribution in [0.15, 0.2) is 53.6 Å². The van der Waals surface area contributed by atoms with Gasteiger partial charge in [0.15, 0.2) is 11.5 Å². The van der Waals surface area contributed by atoms with Gasteiger partial charge < -0.3 is 29.7 Å². The van der Waals surface area contributed by atoms with Crippen LogP contribution >= 0.6 is 0 Å². The number of carbonyl (C=O) groups excluding carboxylic acids is 2. The largest absolute Gasteiger partial charge is 0.454 e. The fourth-order valence-corrected chi connectivity index (χ4v) is 4.47. The number of fused-ring (bicyclic) bond motifs is 3. The second kappa shape index (κ2) is 9.17. The molecule has 0 aliphatic carbocycles. The molecule has 180 valence electrons. The maximum Gasteiger partial charge on any atom is 0.257 e. The van der Waals surface area contributed by atoms with Gasteiger partial charge in [-0.25, -0.2) is 0 Å². The minimum atomic E-state index is -0.601. The number of H-pyrrole nitrogens is 1. The van der Waals surface area contributed by atoms with Crippen LogP contribution in [0.2, 0.25) is 0 Å². The summed E-state index contributed by atoms with van der Waals surface area (Å²) in [5.41, 5.74) is 2.36. The van der Waals surface area contributed by atoms with Gasteiger partial charge in [0.1, 0.15) is 5.56 Å². The minimum Gasteiger partial charge on any atom is -0.454 e. The number of benzene rings is 2. The lowest BCUT2D eigenvalue weighted by atomic mass is 10.1. The molecular weight excluding hydrogens is 448 g/mol. The van der Waals surface area contributed by atoms with E-state index in [0.29, 0.717) is 35.4 Å². The number of rotatable bonds is 7. The first-order valence-electron chi connectivity index (χ1n) is 11.5. The lowest BCUT2D eigenvalue weighted by molar-refractivity contribution is -0.120. The molecule has 0 unspecified atom stereocenters. The third-order valence-corrected chi connectivity index (χ3v) is 6.18. The number of carbonyl (C=O) groups is 2. The molecule has 3 heterocycles. The third kappa shape index (κ3) is 4.32. The van der Waals surface area contributed by atoms with Crippen molar-refractivity contribution in [1.82, 2.24) is 20.2 Å². The second-order valence-corrected chi connectivity index (χ2v) is 8.60. The van der Waals surface area contributed by atoms with Gasteiger partial charge in [-0.1, -0.05) is 18.2 Å². The van der Waals surface area contributed by atoms with E-state index in [1.807, 2.05) is 44.3 Å². The lowest BCUT2D eigenvalue weighted by Crippen LogP contribution is -2.42.